The number of nitrogens with two attached hydrogens (primary N) is 1. The average molecular weight is 296 g/mol. The van der Waals surface area contributed by atoms with E-state index in [0.717, 1.165) is 11.6 Å². The molecule has 1 saturated carbocycles. The van der Waals surface area contributed by atoms with E-state index < -0.39 is 0 Å². The standard InChI is InChI=1S/C13H20N4O2S/c1-7-9(5-6-19-7)17(2)12(18)10-11(14)16-13(20-10)15-8-3-4-8/h7-9H,3-6,14H2,1-2H3,(H,15,16). The van der Waals surface area contributed by atoms with Gasteiger partial charge in [0.15, 0.2) is 5.13 Å². The van der Waals surface area contributed by atoms with Gasteiger partial charge in [-0.1, -0.05) is 11.3 Å². The minimum atomic E-state index is -0.0637. The SMILES string of the molecule is CC1OCCC1N(C)C(=O)c1sc(NC2CC2)nc1N. The number of hydrogen-bond acceptors (Lipinski definition) is 6. The number of likely N-dealkylation sites (N-methyl/N-ethyl adjacent to an activating group) is 1. The molecule has 0 aromatic carbocycles. The number of rotatable bonds is 4. The minimum Gasteiger partial charge on any atom is -0.382 e. The number of hydrogen-bond donors (Lipinski definition) is 2. The molecule has 3 N–H and O–H groups in total. The average Bonchev–Trinajstić information content (AvgIpc) is 3.00. The topological polar surface area (TPSA) is 80.5 Å². The fraction of sp³-hybridized carbons (Fsp3) is 0.692. The molecule has 0 radical (unpaired) electrons. The molecule has 1 aliphatic carbocycles. The Hall–Kier alpha value is -1.34. The third kappa shape index (κ3) is 2.60. The quantitative estimate of drug-likeness (QED) is 0.881. The molecule has 2 heterocycles. The number of thiazole rings is 1. The molecule has 1 aliphatic heterocycles. The van der Waals surface area contributed by atoms with Gasteiger partial charge in [-0.25, -0.2) is 4.98 Å². The van der Waals surface area contributed by atoms with Crippen LogP contribution in [0.2, 0.25) is 0 Å². The van der Waals surface area contributed by atoms with Gasteiger partial charge in [0, 0.05) is 19.7 Å². The van der Waals surface area contributed by atoms with Crippen LogP contribution >= 0.6 is 11.3 Å². The normalized spacial score (nSPS) is 25.7. The molecule has 2 unspecified atom stereocenters. The lowest BCUT2D eigenvalue weighted by Crippen LogP contribution is -2.40. The lowest BCUT2D eigenvalue weighted by Gasteiger charge is -2.26. The Morgan fingerprint density at radius 1 is 1.50 bits per heavy atom. The van der Waals surface area contributed by atoms with E-state index in [0.29, 0.717) is 23.3 Å². The van der Waals surface area contributed by atoms with Crippen molar-refractivity contribution in [3.63, 3.8) is 0 Å². The van der Waals surface area contributed by atoms with Gasteiger partial charge < -0.3 is 20.7 Å². The van der Waals surface area contributed by atoms with Gasteiger partial charge in [-0.15, -0.1) is 0 Å². The molecule has 3 rings (SSSR count). The fourth-order valence-corrected chi connectivity index (χ4v) is 3.43. The number of aromatic nitrogens is 1. The van der Waals surface area contributed by atoms with E-state index >= 15 is 0 Å². The van der Waals surface area contributed by atoms with Crippen LogP contribution < -0.4 is 11.1 Å². The molecule has 2 fully saturated rings. The number of carbonyl (C=O) groups is 1. The van der Waals surface area contributed by atoms with Crippen molar-refractivity contribution in [1.29, 1.82) is 0 Å². The van der Waals surface area contributed by atoms with E-state index in [2.05, 4.69) is 10.3 Å². The van der Waals surface area contributed by atoms with E-state index in [1.54, 1.807) is 4.90 Å². The molecular weight excluding hydrogens is 276 g/mol. The number of anilines is 2. The first-order chi connectivity index (χ1) is 9.56. The molecular formula is C13H20N4O2S. The predicted molar refractivity (Wildman–Crippen MR) is 79.1 cm³/mol. The third-order valence-electron chi connectivity index (χ3n) is 3.91. The van der Waals surface area contributed by atoms with Gasteiger partial charge in [0.2, 0.25) is 0 Å². The summed E-state index contributed by atoms with van der Waals surface area (Å²) >= 11 is 1.35. The molecule has 1 saturated heterocycles. The number of carbonyl (C=O) groups excluding carboxylic acids is 1. The minimum absolute atomic E-state index is 0.0637. The molecule has 0 spiro atoms. The number of ether oxygens (including phenoxy) is 1. The molecule has 2 aliphatic rings. The highest BCUT2D eigenvalue weighted by molar-refractivity contribution is 7.18. The maximum atomic E-state index is 12.5. The fourth-order valence-electron chi connectivity index (χ4n) is 2.49. The molecule has 110 valence electrons. The Morgan fingerprint density at radius 2 is 2.25 bits per heavy atom. The molecule has 0 bridgehead atoms. The van der Waals surface area contributed by atoms with Crippen LogP contribution in [0, 0.1) is 0 Å². The summed E-state index contributed by atoms with van der Waals surface area (Å²) in [7, 11) is 1.81. The summed E-state index contributed by atoms with van der Waals surface area (Å²) in [6, 6.07) is 0.619. The van der Waals surface area contributed by atoms with Crippen LogP contribution in [0.15, 0.2) is 0 Å². The smallest absolute Gasteiger partial charge is 0.267 e. The second-order valence-electron chi connectivity index (χ2n) is 5.50. The Kier molecular flexibility index (Phi) is 3.55. The Bertz CT molecular complexity index is 514. The highest BCUT2D eigenvalue weighted by atomic mass is 32.1. The highest BCUT2D eigenvalue weighted by Gasteiger charge is 2.33. The summed E-state index contributed by atoms with van der Waals surface area (Å²) in [5.74, 6) is 0.257. The summed E-state index contributed by atoms with van der Waals surface area (Å²) in [5.41, 5.74) is 5.89. The molecule has 1 aromatic heterocycles. The first-order valence-corrected chi connectivity index (χ1v) is 7.79. The van der Waals surface area contributed by atoms with Gasteiger partial charge >= 0.3 is 0 Å². The summed E-state index contributed by atoms with van der Waals surface area (Å²) in [6.45, 7) is 2.70. The summed E-state index contributed by atoms with van der Waals surface area (Å²) in [4.78, 5) is 19.1. The lowest BCUT2D eigenvalue weighted by atomic mass is 10.1. The van der Waals surface area contributed by atoms with E-state index in [-0.39, 0.29) is 18.1 Å². The first kappa shape index (κ1) is 13.6. The van der Waals surface area contributed by atoms with Crippen LogP contribution in [-0.2, 0) is 4.74 Å². The van der Waals surface area contributed by atoms with Gasteiger partial charge in [0.25, 0.3) is 5.91 Å². The van der Waals surface area contributed by atoms with E-state index in [9.17, 15) is 4.79 Å². The zero-order chi connectivity index (χ0) is 14.3. The third-order valence-corrected chi connectivity index (χ3v) is 4.90. The van der Waals surface area contributed by atoms with Gasteiger partial charge in [0.1, 0.15) is 10.7 Å². The van der Waals surface area contributed by atoms with E-state index in [1.807, 2.05) is 14.0 Å². The van der Waals surface area contributed by atoms with Gasteiger partial charge in [-0.2, -0.15) is 0 Å². The Labute approximate surface area is 122 Å². The predicted octanol–water partition coefficient (Wildman–Crippen LogP) is 1.55. The monoisotopic (exact) mass is 296 g/mol. The molecule has 6 nitrogen and oxygen atoms in total. The number of nitrogens with zero attached hydrogens (tertiary/aromatic N) is 2. The van der Waals surface area contributed by atoms with E-state index in [4.69, 9.17) is 10.5 Å². The van der Waals surface area contributed by atoms with Crippen molar-refractivity contribution in [2.45, 2.75) is 44.4 Å². The van der Waals surface area contributed by atoms with Gasteiger partial charge in [-0.3, -0.25) is 4.79 Å². The second-order valence-corrected chi connectivity index (χ2v) is 6.50. The van der Waals surface area contributed by atoms with Crippen LogP contribution in [-0.4, -0.2) is 47.6 Å². The highest BCUT2D eigenvalue weighted by Crippen LogP contribution is 2.32. The summed E-state index contributed by atoms with van der Waals surface area (Å²) < 4.78 is 5.52. The zero-order valence-corrected chi connectivity index (χ0v) is 12.6. The maximum Gasteiger partial charge on any atom is 0.267 e. The van der Waals surface area contributed by atoms with Crippen molar-refractivity contribution >= 4 is 28.2 Å². The van der Waals surface area contributed by atoms with Crippen LogP contribution in [0.25, 0.3) is 0 Å². The first-order valence-electron chi connectivity index (χ1n) is 6.98. The summed E-state index contributed by atoms with van der Waals surface area (Å²) in [5, 5.41) is 4.03. The van der Waals surface area contributed by atoms with Crippen molar-refractivity contribution in [3.05, 3.63) is 4.88 Å². The number of nitrogen functional groups attached to an aromatic ring is 1. The van der Waals surface area contributed by atoms with Crippen LogP contribution in [0.1, 0.15) is 35.9 Å². The van der Waals surface area contributed by atoms with Crippen molar-refractivity contribution < 1.29 is 9.53 Å². The van der Waals surface area contributed by atoms with Crippen LogP contribution in [0.3, 0.4) is 0 Å². The molecule has 2 atom stereocenters. The van der Waals surface area contributed by atoms with Crippen LogP contribution in [0.5, 0.6) is 0 Å². The van der Waals surface area contributed by atoms with Crippen molar-refractivity contribution in [1.82, 2.24) is 9.88 Å². The molecule has 20 heavy (non-hydrogen) atoms. The Balaban J connectivity index is 1.73. The van der Waals surface area contributed by atoms with E-state index in [1.165, 1.54) is 24.2 Å². The van der Waals surface area contributed by atoms with Gasteiger partial charge in [0.05, 0.1) is 12.1 Å². The molecule has 1 amide bonds. The summed E-state index contributed by atoms with van der Waals surface area (Å²) in [6.07, 6.45) is 3.27. The van der Waals surface area contributed by atoms with Crippen LogP contribution in [0.4, 0.5) is 10.9 Å². The number of nitrogens with one attached hydrogen (secondary N) is 1. The van der Waals surface area contributed by atoms with Gasteiger partial charge in [-0.05, 0) is 26.2 Å². The van der Waals surface area contributed by atoms with Crippen molar-refractivity contribution in [3.8, 4) is 0 Å². The zero-order valence-electron chi connectivity index (χ0n) is 11.8. The van der Waals surface area contributed by atoms with Crippen molar-refractivity contribution in [2.75, 3.05) is 24.7 Å². The Morgan fingerprint density at radius 3 is 2.85 bits per heavy atom. The second kappa shape index (κ2) is 5.21. The molecule has 1 aromatic rings. The lowest BCUT2D eigenvalue weighted by molar-refractivity contribution is 0.0579. The van der Waals surface area contributed by atoms with Crippen molar-refractivity contribution in [2.24, 2.45) is 0 Å². The molecule has 7 heteroatoms. The maximum absolute atomic E-state index is 12.5. The largest absolute Gasteiger partial charge is 0.382 e. The number of amides is 1.